The Balaban J connectivity index is 0.000000771. The fourth-order valence-electron chi connectivity index (χ4n) is 1.68. The van der Waals surface area contributed by atoms with Crippen molar-refractivity contribution in [1.82, 2.24) is 9.55 Å². The monoisotopic (exact) mass is 275 g/mol. The number of aliphatic hydroxyl groups is 1. The van der Waals surface area contributed by atoms with E-state index < -0.39 is 17.2 Å². The molecule has 0 amide bonds. The molecule has 1 fully saturated rings. The molecule has 0 aromatic carbocycles. The Morgan fingerprint density at radius 3 is 2.83 bits per heavy atom. The number of anilines is 1. The predicted molar refractivity (Wildman–Crippen MR) is 71.3 cm³/mol. The first kappa shape index (κ1) is 15.0. The van der Waals surface area contributed by atoms with Crippen molar-refractivity contribution < 1.29 is 9.50 Å². The number of alkyl halides is 1. The van der Waals surface area contributed by atoms with Crippen LogP contribution in [0.1, 0.15) is 25.6 Å². The highest BCUT2D eigenvalue weighted by Gasteiger charge is 2.36. The van der Waals surface area contributed by atoms with E-state index >= 15 is 0 Å². The van der Waals surface area contributed by atoms with Gasteiger partial charge in [0.1, 0.15) is 17.4 Å². The molecule has 0 bridgehead atoms. The third-order valence-corrected chi connectivity index (χ3v) is 3.99. The van der Waals surface area contributed by atoms with Crippen molar-refractivity contribution >= 4 is 17.6 Å². The van der Waals surface area contributed by atoms with Gasteiger partial charge in [-0.2, -0.15) is 4.98 Å². The average molecular weight is 275 g/mol. The normalized spacial score (nSPS) is 26.6. The van der Waals surface area contributed by atoms with Gasteiger partial charge >= 0.3 is 5.69 Å². The number of aromatic nitrogens is 2. The highest BCUT2D eigenvalue weighted by molar-refractivity contribution is 8.00. The van der Waals surface area contributed by atoms with Gasteiger partial charge in [-0.25, -0.2) is 9.18 Å². The highest BCUT2D eigenvalue weighted by atomic mass is 32.2. The van der Waals surface area contributed by atoms with E-state index in [1.165, 1.54) is 28.6 Å². The summed E-state index contributed by atoms with van der Waals surface area (Å²) >= 11 is 1.25. The lowest BCUT2D eigenvalue weighted by Crippen LogP contribution is -2.28. The molecule has 102 valence electrons. The molecule has 1 aromatic rings. The summed E-state index contributed by atoms with van der Waals surface area (Å²) in [7, 11) is 0. The van der Waals surface area contributed by atoms with E-state index in [1.54, 1.807) is 0 Å². The van der Waals surface area contributed by atoms with Crippen LogP contribution in [-0.2, 0) is 0 Å². The lowest BCUT2D eigenvalue weighted by molar-refractivity contribution is 0.248. The molecule has 7 heteroatoms. The quantitative estimate of drug-likeness (QED) is 0.847. The number of nitrogens with zero attached hydrogens (tertiary/aromatic N) is 2. The van der Waals surface area contributed by atoms with E-state index in [-0.39, 0.29) is 24.1 Å². The molecular formula is C11H18FN3O2S. The standard InChI is InChI=1S/C9H12FN3O2S.C2H6/c10-6-3-5(4-14)16-8(6)13-2-1-7(11)12-9(13)15;1-2/h1-2,5-6,8,14H,3-4H2,(H2,11,12,15);1-2H3. The van der Waals surface area contributed by atoms with Crippen molar-refractivity contribution in [2.24, 2.45) is 0 Å². The second kappa shape index (κ2) is 6.75. The molecule has 0 saturated carbocycles. The summed E-state index contributed by atoms with van der Waals surface area (Å²) in [5.74, 6) is 0.123. The summed E-state index contributed by atoms with van der Waals surface area (Å²) < 4.78 is 14.9. The summed E-state index contributed by atoms with van der Waals surface area (Å²) in [5, 5.41) is 8.18. The van der Waals surface area contributed by atoms with Gasteiger partial charge in [0, 0.05) is 11.4 Å². The summed E-state index contributed by atoms with van der Waals surface area (Å²) in [6, 6.07) is 1.46. The Labute approximate surface area is 109 Å². The lowest BCUT2D eigenvalue weighted by Gasteiger charge is -2.14. The van der Waals surface area contributed by atoms with Gasteiger partial charge in [-0.1, -0.05) is 13.8 Å². The van der Waals surface area contributed by atoms with Crippen LogP contribution in [0.4, 0.5) is 10.2 Å². The third kappa shape index (κ3) is 3.23. The van der Waals surface area contributed by atoms with Crippen LogP contribution in [0.25, 0.3) is 0 Å². The fourth-order valence-corrected chi connectivity index (χ4v) is 3.03. The summed E-state index contributed by atoms with van der Waals surface area (Å²) in [5.41, 5.74) is 4.79. The molecule has 3 atom stereocenters. The molecule has 0 spiro atoms. The molecular weight excluding hydrogens is 257 g/mol. The van der Waals surface area contributed by atoms with E-state index in [0.717, 1.165) is 0 Å². The van der Waals surface area contributed by atoms with Crippen LogP contribution in [-0.4, -0.2) is 32.7 Å². The van der Waals surface area contributed by atoms with Gasteiger partial charge < -0.3 is 10.8 Å². The van der Waals surface area contributed by atoms with Crippen LogP contribution in [0.2, 0.25) is 0 Å². The second-order valence-corrected chi connectivity index (χ2v) is 5.05. The molecule has 2 heterocycles. The summed E-state index contributed by atoms with van der Waals surface area (Å²) in [6.45, 7) is 3.92. The Kier molecular flexibility index (Phi) is 5.61. The third-order valence-electron chi connectivity index (χ3n) is 2.46. The smallest absolute Gasteiger partial charge is 0.350 e. The lowest BCUT2D eigenvalue weighted by atomic mass is 10.2. The maximum Gasteiger partial charge on any atom is 0.350 e. The molecule has 0 aliphatic carbocycles. The van der Waals surface area contributed by atoms with E-state index in [9.17, 15) is 9.18 Å². The molecule has 1 aliphatic rings. The summed E-state index contributed by atoms with van der Waals surface area (Å²) in [4.78, 5) is 15.0. The molecule has 1 aliphatic heterocycles. The van der Waals surface area contributed by atoms with Crippen LogP contribution in [0.15, 0.2) is 17.1 Å². The molecule has 3 N–H and O–H groups in total. The zero-order chi connectivity index (χ0) is 13.7. The van der Waals surface area contributed by atoms with Crippen molar-refractivity contribution in [2.45, 2.75) is 37.1 Å². The van der Waals surface area contributed by atoms with Crippen LogP contribution >= 0.6 is 11.8 Å². The number of nitrogen functional groups attached to an aromatic ring is 1. The minimum absolute atomic E-state index is 0.0846. The number of nitrogens with two attached hydrogens (primary N) is 1. The minimum atomic E-state index is -1.15. The first-order valence-corrected chi connectivity index (χ1v) is 6.81. The molecule has 1 aromatic heterocycles. The number of hydrogen-bond donors (Lipinski definition) is 2. The number of rotatable bonds is 2. The van der Waals surface area contributed by atoms with Gasteiger partial charge in [-0.3, -0.25) is 4.57 Å². The van der Waals surface area contributed by atoms with Gasteiger partial charge in [-0.15, -0.1) is 11.8 Å². The highest BCUT2D eigenvalue weighted by Crippen LogP contribution is 2.42. The number of halogens is 1. The maximum atomic E-state index is 13.6. The summed E-state index contributed by atoms with van der Waals surface area (Å²) in [6.07, 6.45) is 0.544. The van der Waals surface area contributed by atoms with E-state index in [0.29, 0.717) is 0 Å². The minimum Gasteiger partial charge on any atom is -0.395 e. The van der Waals surface area contributed by atoms with E-state index in [1.807, 2.05) is 13.8 Å². The van der Waals surface area contributed by atoms with Crippen LogP contribution < -0.4 is 11.4 Å². The zero-order valence-electron chi connectivity index (χ0n) is 10.4. The fraction of sp³-hybridized carbons (Fsp3) is 0.636. The molecule has 0 radical (unpaired) electrons. The molecule has 18 heavy (non-hydrogen) atoms. The molecule has 5 nitrogen and oxygen atoms in total. The molecule has 3 unspecified atom stereocenters. The van der Waals surface area contributed by atoms with Crippen LogP contribution in [0, 0.1) is 0 Å². The Morgan fingerprint density at radius 2 is 2.33 bits per heavy atom. The van der Waals surface area contributed by atoms with Crippen molar-refractivity contribution in [2.75, 3.05) is 12.3 Å². The van der Waals surface area contributed by atoms with Gasteiger partial charge in [0.05, 0.1) is 6.61 Å². The predicted octanol–water partition coefficient (Wildman–Crippen LogP) is 1.19. The SMILES string of the molecule is CC.Nc1ccn(C2SC(CO)CC2F)c(=O)n1. The van der Waals surface area contributed by atoms with Gasteiger partial charge in [0.2, 0.25) is 0 Å². The van der Waals surface area contributed by atoms with Crippen molar-refractivity contribution in [3.8, 4) is 0 Å². The van der Waals surface area contributed by atoms with Crippen LogP contribution in [0.3, 0.4) is 0 Å². The molecule has 2 rings (SSSR count). The number of thioether (sulfide) groups is 1. The van der Waals surface area contributed by atoms with E-state index in [4.69, 9.17) is 10.8 Å². The molecule has 1 saturated heterocycles. The Hall–Kier alpha value is -1.08. The largest absolute Gasteiger partial charge is 0.395 e. The Morgan fingerprint density at radius 1 is 1.67 bits per heavy atom. The van der Waals surface area contributed by atoms with Crippen molar-refractivity contribution in [3.63, 3.8) is 0 Å². The van der Waals surface area contributed by atoms with Crippen molar-refractivity contribution in [1.29, 1.82) is 0 Å². The first-order chi connectivity index (χ1) is 8.61. The number of hydrogen-bond acceptors (Lipinski definition) is 5. The van der Waals surface area contributed by atoms with Gasteiger partial charge in [-0.05, 0) is 12.5 Å². The maximum absolute atomic E-state index is 13.6. The average Bonchev–Trinajstić information content (AvgIpc) is 2.73. The van der Waals surface area contributed by atoms with E-state index in [2.05, 4.69) is 4.98 Å². The first-order valence-electron chi connectivity index (χ1n) is 5.87. The van der Waals surface area contributed by atoms with Gasteiger partial charge in [0.15, 0.2) is 0 Å². The van der Waals surface area contributed by atoms with Crippen molar-refractivity contribution in [3.05, 3.63) is 22.7 Å². The van der Waals surface area contributed by atoms with Crippen LogP contribution in [0.5, 0.6) is 0 Å². The second-order valence-electron chi connectivity index (χ2n) is 3.63. The Bertz CT molecular complexity index is 441. The zero-order valence-corrected chi connectivity index (χ0v) is 11.2. The van der Waals surface area contributed by atoms with Gasteiger partial charge in [0.25, 0.3) is 0 Å². The number of aliphatic hydroxyl groups excluding tert-OH is 1. The topological polar surface area (TPSA) is 81.1 Å².